The number of unbranched alkanes of at least 4 members (excludes halogenated alkanes) is 21. The quantitative estimate of drug-likeness (QED) is 0.0440. The summed E-state index contributed by atoms with van der Waals surface area (Å²) in [6, 6.07) is 0. The maximum atomic E-state index is 9.83. The molecule has 0 saturated heterocycles. The Morgan fingerprint density at radius 2 is 0.585 bits per heavy atom. The first-order valence-corrected chi connectivity index (χ1v) is 22.7. The molecule has 41 heavy (non-hydrogen) atoms. The minimum absolute atomic E-state index is 0.219. The van der Waals surface area contributed by atoms with Gasteiger partial charge in [0.15, 0.2) is 0 Å². The standard InChI is InChI=1S/C32H68P.C4H10O3S/c1-5-9-13-17-18-19-20-21-22-23-24-28-32-33(29-25-14-10-6-2,30-26-15-11-7-3)31-27-16-12-8-4;1-2-3-4-8(5,6)7/h5-32H2,1-4H3;2-4H2,1H3,(H,5,6,7)/q+1;/p-1. The highest BCUT2D eigenvalue weighted by molar-refractivity contribution is 7.85. The third kappa shape index (κ3) is 34.7. The van der Waals surface area contributed by atoms with Crippen LogP contribution in [0.5, 0.6) is 0 Å². The van der Waals surface area contributed by atoms with E-state index in [0.717, 1.165) is 6.42 Å². The van der Waals surface area contributed by atoms with Gasteiger partial charge in [-0.2, -0.15) is 0 Å². The fourth-order valence-electron chi connectivity index (χ4n) is 5.90. The van der Waals surface area contributed by atoms with Crippen LogP contribution < -0.4 is 0 Å². The second-order valence-corrected chi connectivity index (χ2v) is 18.9. The molecule has 0 atom stereocenters. The smallest absolute Gasteiger partial charge is 0.0945 e. The highest BCUT2D eigenvalue weighted by atomic mass is 32.2. The second kappa shape index (κ2) is 33.2. The molecular weight excluding hydrogens is 543 g/mol. The van der Waals surface area contributed by atoms with Crippen LogP contribution in [0.2, 0.25) is 0 Å². The Balaban J connectivity index is 0. The van der Waals surface area contributed by atoms with Gasteiger partial charge in [-0.1, -0.05) is 144 Å². The molecule has 0 N–H and O–H groups in total. The van der Waals surface area contributed by atoms with Crippen molar-refractivity contribution in [1.29, 1.82) is 0 Å². The predicted molar refractivity (Wildman–Crippen MR) is 189 cm³/mol. The molecule has 3 nitrogen and oxygen atoms in total. The van der Waals surface area contributed by atoms with Gasteiger partial charge in [0.05, 0.1) is 34.8 Å². The van der Waals surface area contributed by atoms with E-state index in [2.05, 4.69) is 27.7 Å². The van der Waals surface area contributed by atoms with Crippen LogP contribution in [0.4, 0.5) is 0 Å². The maximum absolute atomic E-state index is 9.83. The van der Waals surface area contributed by atoms with E-state index in [1.165, 1.54) is 128 Å². The highest BCUT2D eigenvalue weighted by Gasteiger charge is 2.34. The number of rotatable bonds is 31. The summed E-state index contributed by atoms with van der Waals surface area (Å²) in [5.74, 6) is -0.219. The summed E-state index contributed by atoms with van der Waals surface area (Å²) in [6.07, 6.45) is 43.3. The SMILES string of the molecule is CCCCCCCCCCCCCC[P+](CCCCCC)(CCCCCC)CCCCCC.CCCCS(=O)(=O)[O-]. The van der Waals surface area contributed by atoms with Gasteiger partial charge in [0.25, 0.3) is 0 Å². The Morgan fingerprint density at radius 1 is 0.366 bits per heavy atom. The minimum atomic E-state index is -3.94. The van der Waals surface area contributed by atoms with Crippen molar-refractivity contribution in [3.63, 3.8) is 0 Å². The van der Waals surface area contributed by atoms with Crippen LogP contribution in [-0.2, 0) is 10.1 Å². The third-order valence-corrected chi connectivity index (χ3v) is 14.5. The van der Waals surface area contributed by atoms with Gasteiger partial charge in [-0.15, -0.1) is 0 Å². The first-order valence-electron chi connectivity index (χ1n) is 18.6. The Labute approximate surface area is 261 Å². The average Bonchev–Trinajstić information content (AvgIpc) is 2.95. The molecule has 0 aliphatic heterocycles. The summed E-state index contributed by atoms with van der Waals surface area (Å²) < 4.78 is 29.5. The Morgan fingerprint density at radius 3 is 0.805 bits per heavy atom. The second-order valence-electron chi connectivity index (χ2n) is 12.9. The van der Waals surface area contributed by atoms with Crippen molar-refractivity contribution < 1.29 is 13.0 Å². The van der Waals surface area contributed by atoms with Gasteiger partial charge >= 0.3 is 0 Å². The van der Waals surface area contributed by atoms with Crippen molar-refractivity contribution in [2.75, 3.05) is 30.4 Å². The zero-order valence-corrected chi connectivity index (χ0v) is 30.7. The van der Waals surface area contributed by atoms with Gasteiger partial charge in [0.2, 0.25) is 0 Å². The Bertz CT molecular complexity index is 562. The lowest BCUT2D eigenvalue weighted by Crippen LogP contribution is -2.13. The molecule has 0 rings (SSSR count). The number of hydrogen-bond donors (Lipinski definition) is 0. The zero-order valence-electron chi connectivity index (χ0n) is 29.0. The highest BCUT2D eigenvalue weighted by Crippen LogP contribution is 2.61. The summed E-state index contributed by atoms with van der Waals surface area (Å²) in [7, 11) is -4.63. The van der Waals surface area contributed by atoms with Crippen LogP contribution in [0.15, 0.2) is 0 Å². The molecule has 0 aromatic carbocycles. The molecule has 0 bridgehead atoms. The maximum Gasteiger partial charge on any atom is 0.0945 e. The molecule has 0 unspecified atom stereocenters. The zero-order chi connectivity index (χ0) is 30.9. The van der Waals surface area contributed by atoms with E-state index in [-0.39, 0.29) is 5.75 Å². The lowest BCUT2D eigenvalue weighted by atomic mass is 10.1. The van der Waals surface area contributed by atoms with Crippen molar-refractivity contribution in [3.8, 4) is 0 Å². The fraction of sp³-hybridized carbons (Fsp3) is 1.00. The average molecular weight is 621 g/mol. The molecule has 0 fully saturated rings. The molecule has 0 aliphatic rings. The lowest BCUT2D eigenvalue weighted by molar-refractivity contribution is 0.461. The monoisotopic (exact) mass is 621 g/mol. The van der Waals surface area contributed by atoms with Crippen molar-refractivity contribution in [1.82, 2.24) is 0 Å². The molecule has 0 radical (unpaired) electrons. The summed E-state index contributed by atoms with van der Waals surface area (Å²) in [5.41, 5.74) is 0. The Kier molecular flexibility index (Phi) is 35.2. The van der Waals surface area contributed by atoms with E-state index in [9.17, 15) is 13.0 Å². The van der Waals surface area contributed by atoms with Crippen LogP contribution in [0.3, 0.4) is 0 Å². The van der Waals surface area contributed by atoms with E-state index in [1.807, 2.05) is 6.92 Å². The molecule has 250 valence electrons. The van der Waals surface area contributed by atoms with E-state index < -0.39 is 17.4 Å². The lowest BCUT2D eigenvalue weighted by Gasteiger charge is -2.28. The normalized spacial score (nSPS) is 12.0. The molecule has 0 spiro atoms. The van der Waals surface area contributed by atoms with Gasteiger partial charge in [0.1, 0.15) is 0 Å². The molecule has 0 heterocycles. The predicted octanol–water partition coefficient (Wildman–Crippen LogP) is 12.8. The van der Waals surface area contributed by atoms with Crippen molar-refractivity contribution in [2.24, 2.45) is 0 Å². The van der Waals surface area contributed by atoms with Crippen LogP contribution in [0.25, 0.3) is 0 Å². The molecular formula is C36H77O3PS. The van der Waals surface area contributed by atoms with Crippen LogP contribution >= 0.6 is 7.26 Å². The Hall–Kier alpha value is 0.340. The van der Waals surface area contributed by atoms with Crippen LogP contribution in [-0.4, -0.2) is 43.4 Å². The molecule has 0 aromatic rings. The van der Waals surface area contributed by atoms with Gasteiger partial charge in [0, 0.05) is 13.0 Å². The summed E-state index contributed by atoms with van der Waals surface area (Å²) in [5, 5.41) is 0. The largest absolute Gasteiger partial charge is 0.748 e. The summed E-state index contributed by atoms with van der Waals surface area (Å²) in [6.45, 7) is 11.3. The van der Waals surface area contributed by atoms with Crippen molar-refractivity contribution in [2.45, 2.75) is 202 Å². The molecule has 0 saturated carbocycles. The van der Waals surface area contributed by atoms with Gasteiger partial charge in [-0.25, -0.2) is 8.42 Å². The summed E-state index contributed by atoms with van der Waals surface area (Å²) >= 11 is 0. The van der Waals surface area contributed by atoms with Crippen molar-refractivity contribution >= 4 is 17.4 Å². The summed E-state index contributed by atoms with van der Waals surface area (Å²) in [4.78, 5) is 0. The van der Waals surface area contributed by atoms with Crippen LogP contribution in [0.1, 0.15) is 202 Å². The van der Waals surface area contributed by atoms with Crippen LogP contribution in [0, 0.1) is 0 Å². The van der Waals surface area contributed by atoms with E-state index in [1.54, 1.807) is 50.3 Å². The molecule has 0 aromatic heterocycles. The molecule has 5 heteroatoms. The van der Waals surface area contributed by atoms with E-state index in [4.69, 9.17) is 0 Å². The van der Waals surface area contributed by atoms with Gasteiger partial charge in [-0.05, 0) is 57.8 Å². The minimum Gasteiger partial charge on any atom is -0.748 e. The third-order valence-electron chi connectivity index (χ3n) is 8.69. The first kappa shape index (κ1) is 43.5. The first-order chi connectivity index (χ1) is 19.8. The molecule has 0 amide bonds. The molecule has 0 aliphatic carbocycles. The van der Waals surface area contributed by atoms with Gasteiger partial charge in [-0.3, -0.25) is 0 Å². The van der Waals surface area contributed by atoms with Crippen molar-refractivity contribution in [3.05, 3.63) is 0 Å². The van der Waals surface area contributed by atoms with E-state index >= 15 is 0 Å². The fourth-order valence-corrected chi connectivity index (χ4v) is 11.5. The van der Waals surface area contributed by atoms with E-state index in [0.29, 0.717) is 6.42 Å². The van der Waals surface area contributed by atoms with Gasteiger partial charge < -0.3 is 4.55 Å². The topological polar surface area (TPSA) is 57.2 Å². The number of hydrogen-bond acceptors (Lipinski definition) is 3.